The third-order valence-electron chi connectivity index (χ3n) is 5.33. The quantitative estimate of drug-likeness (QED) is 0.900. The normalized spacial score (nSPS) is 19.0. The molecule has 26 heavy (non-hydrogen) atoms. The second-order valence-electron chi connectivity index (χ2n) is 7.14. The van der Waals surface area contributed by atoms with Gasteiger partial charge in [-0.05, 0) is 62.1 Å². The molecule has 5 heteroatoms. The van der Waals surface area contributed by atoms with E-state index in [2.05, 4.69) is 10.2 Å². The van der Waals surface area contributed by atoms with Gasteiger partial charge >= 0.3 is 0 Å². The average Bonchev–Trinajstić information content (AvgIpc) is 2.65. The van der Waals surface area contributed by atoms with Crippen molar-refractivity contribution in [3.8, 4) is 0 Å². The van der Waals surface area contributed by atoms with E-state index in [0.29, 0.717) is 11.1 Å². The number of fused-ring (bicyclic) bond motifs is 2. The van der Waals surface area contributed by atoms with Crippen molar-refractivity contribution < 1.29 is 9.59 Å². The van der Waals surface area contributed by atoms with E-state index in [1.54, 1.807) is 12.1 Å². The fraction of sp³-hybridized carbons (Fsp3) is 0.333. The number of piperidine rings is 1. The molecule has 1 fully saturated rings. The molecule has 0 spiro atoms. The lowest BCUT2D eigenvalue weighted by Gasteiger charge is -2.46. The molecule has 0 bridgehead atoms. The van der Waals surface area contributed by atoms with Crippen molar-refractivity contribution in [3.05, 3.63) is 59.2 Å². The summed E-state index contributed by atoms with van der Waals surface area (Å²) in [6.45, 7) is 2.80. The second kappa shape index (κ2) is 6.48. The molecule has 0 aliphatic carbocycles. The zero-order chi connectivity index (χ0) is 18.3. The van der Waals surface area contributed by atoms with E-state index in [1.807, 2.05) is 49.2 Å². The number of hydrogen-bond acceptors (Lipinski definition) is 3. The predicted octanol–water partition coefficient (Wildman–Crippen LogP) is 3.65. The number of anilines is 2. The monoisotopic (exact) mass is 349 g/mol. The molecule has 0 unspecified atom stereocenters. The summed E-state index contributed by atoms with van der Waals surface area (Å²) in [6.07, 6.45) is 3.25. The van der Waals surface area contributed by atoms with Gasteiger partial charge in [-0.3, -0.25) is 9.59 Å². The summed E-state index contributed by atoms with van der Waals surface area (Å²) in [5.41, 5.74) is 3.95. The Morgan fingerprint density at radius 1 is 1.15 bits per heavy atom. The SMILES string of the molecule is Cc1cccc(NC(=O)c2ccc3c(c2)N(C)[C@H]2CCCCN2C3=O)c1. The van der Waals surface area contributed by atoms with Gasteiger partial charge in [-0.25, -0.2) is 0 Å². The zero-order valence-electron chi connectivity index (χ0n) is 15.2. The Morgan fingerprint density at radius 2 is 2.00 bits per heavy atom. The molecule has 0 saturated carbocycles. The maximum absolute atomic E-state index is 12.8. The third-order valence-corrected chi connectivity index (χ3v) is 5.33. The van der Waals surface area contributed by atoms with Gasteiger partial charge in [0.05, 0.1) is 11.3 Å². The molecule has 1 atom stereocenters. The molecule has 5 nitrogen and oxygen atoms in total. The minimum absolute atomic E-state index is 0.0773. The average molecular weight is 349 g/mol. The van der Waals surface area contributed by atoms with Crippen molar-refractivity contribution in [2.45, 2.75) is 32.4 Å². The van der Waals surface area contributed by atoms with Crippen LogP contribution in [0.2, 0.25) is 0 Å². The number of nitrogens with one attached hydrogen (secondary N) is 1. The van der Waals surface area contributed by atoms with E-state index in [1.165, 1.54) is 0 Å². The van der Waals surface area contributed by atoms with Crippen LogP contribution in [0, 0.1) is 6.92 Å². The molecule has 4 rings (SSSR count). The fourth-order valence-corrected chi connectivity index (χ4v) is 3.94. The van der Waals surface area contributed by atoms with Gasteiger partial charge in [-0.15, -0.1) is 0 Å². The minimum atomic E-state index is -0.162. The highest BCUT2D eigenvalue weighted by Gasteiger charge is 2.37. The number of carbonyl (C=O) groups is 2. The van der Waals surface area contributed by atoms with Crippen LogP contribution >= 0.6 is 0 Å². The summed E-state index contributed by atoms with van der Waals surface area (Å²) in [5.74, 6) is -0.0845. The highest BCUT2D eigenvalue weighted by molar-refractivity contribution is 6.08. The van der Waals surface area contributed by atoms with Crippen LogP contribution in [0.1, 0.15) is 45.5 Å². The van der Waals surface area contributed by atoms with Crippen molar-refractivity contribution in [3.63, 3.8) is 0 Å². The van der Waals surface area contributed by atoms with E-state index < -0.39 is 0 Å². The van der Waals surface area contributed by atoms with Gasteiger partial charge in [0.1, 0.15) is 6.17 Å². The molecular weight excluding hydrogens is 326 g/mol. The Kier molecular flexibility index (Phi) is 4.15. The Bertz CT molecular complexity index is 877. The van der Waals surface area contributed by atoms with Gasteiger partial charge in [0, 0.05) is 24.8 Å². The highest BCUT2D eigenvalue weighted by Crippen LogP contribution is 2.34. The Labute approximate surface area is 153 Å². The van der Waals surface area contributed by atoms with E-state index in [-0.39, 0.29) is 18.0 Å². The summed E-state index contributed by atoms with van der Waals surface area (Å²) in [4.78, 5) is 29.6. The first-order chi connectivity index (χ1) is 12.5. The van der Waals surface area contributed by atoms with Crippen LogP contribution < -0.4 is 10.2 Å². The van der Waals surface area contributed by atoms with Crippen LogP contribution in [-0.2, 0) is 0 Å². The smallest absolute Gasteiger partial charge is 0.257 e. The van der Waals surface area contributed by atoms with Crippen LogP contribution in [0.3, 0.4) is 0 Å². The van der Waals surface area contributed by atoms with Crippen molar-refractivity contribution >= 4 is 23.2 Å². The van der Waals surface area contributed by atoms with Crippen molar-refractivity contribution in [2.24, 2.45) is 0 Å². The third kappa shape index (κ3) is 2.83. The molecule has 2 heterocycles. The molecule has 2 aromatic rings. The predicted molar refractivity (Wildman–Crippen MR) is 103 cm³/mol. The number of aryl methyl sites for hydroxylation is 1. The van der Waals surface area contributed by atoms with Gasteiger partial charge in [0.2, 0.25) is 0 Å². The Balaban J connectivity index is 1.63. The van der Waals surface area contributed by atoms with Gasteiger partial charge in [-0.2, -0.15) is 0 Å². The lowest BCUT2D eigenvalue weighted by molar-refractivity contribution is 0.0589. The Morgan fingerprint density at radius 3 is 2.81 bits per heavy atom. The van der Waals surface area contributed by atoms with Gasteiger partial charge < -0.3 is 15.1 Å². The minimum Gasteiger partial charge on any atom is -0.354 e. The number of benzene rings is 2. The number of carbonyl (C=O) groups excluding carboxylic acids is 2. The van der Waals surface area contributed by atoms with E-state index in [0.717, 1.165) is 42.7 Å². The first-order valence-corrected chi connectivity index (χ1v) is 9.10. The second-order valence-corrected chi connectivity index (χ2v) is 7.14. The first kappa shape index (κ1) is 16.6. The summed E-state index contributed by atoms with van der Waals surface area (Å²) < 4.78 is 0. The number of amides is 2. The van der Waals surface area contributed by atoms with Crippen LogP contribution in [0.25, 0.3) is 0 Å². The van der Waals surface area contributed by atoms with Crippen molar-refractivity contribution in [1.29, 1.82) is 0 Å². The van der Waals surface area contributed by atoms with Crippen LogP contribution in [0.15, 0.2) is 42.5 Å². The molecule has 0 radical (unpaired) electrons. The van der Waals surface area contributed by atoms with Crippen molar-refractivity contribution in [1.82, 2.24) is 4.90 Å². The number of nitrogens with zero attached hydrogens (tertiary/aromatic N) is 2. The maximum Gasteiger partial charge on any atom is 0.257 e. The van der Waals surface area contributed by atoms with Gasteiger partial charge in [0.15, 0.2) is 0 Å². The lowest BCUT2D eigenvalue weighted by Crippen LogP contribution is -2.55. The number of hydrogen-bond donors (Lipinski definition) is 1. The standard InChI is InChI=1S/C21H23N3O2/c1-14-6-5-7-16(12-14)22-20(25)15-9-10-17-18(13-15)23(2)19-8-3-4-11-24(19)21(17)26/h5-7,9-10,12-13,19H,3-4,8,11H2,1-2H3,(H,22,25)/t19-/m1/s1. The summed E-state index contributed by atoms with van der Waals surface area (Å²) in [7, 11) is 2.01. The topological polar surface area (TPSA) is 52.7 Å². The molecule has 1 N–H and O–H groups in total. The molecule has 0 aromatic heterocycles. The van der Waals surface area contributed by atoms with E-state index >= 15 is 0 Å². The van der Waals surface area contributed by atoms with E-state index in [4.69, 9.17) is 0 Å². The van der Waals surface area contributed by atoms with Crippen LogP contribution in [-0.4, -0.2) is 36.5 Å². The summed E-state index contributed by atoms with van der Waals surface area (Å²) >= 11 is 0. The fourth-order valence-electron chi connectivity index (χ4n) is 3.94. The molecule has 1 saturated heterocycles. The van der Waals surface area contributed by atoms with Crippen LogP contribution in [0.4, 0.5) is 11.4 Å². The van der Waals surface area contributed by atoms with E-state index in [9.17, 15) is 9.59 Å². The number of rotatable bonds is 2. The molecule has 2 aliphatic heterocycles. The van der Waals surface area contributed by atoms with Crippen LogP contribution in [0.5, 0.6) is 0 Å². The molecular formula is C21H23N3O2. The van der Waals surface area contributed by atoms with Crippen molar-refractivity contribution in [2.75, 3.05) is 23.8 Å². The summed E-state index contributed by atoms with van der Waals surface area (Å²) in [6, 6.07) is 13.1. The first-order valence-electron chi connectivity index (χ1n) is 9.10. The summed E-state index contributed by atoms with van der Waals surface area (Å²) in [5, 5.41) is 2.94. The molecule has 134 valence electrons. The highest BCUT2D eigenvalue weighted by atomic mass is 16.2. The zero-order valence-corrected chi connectivity index (χ0v) is 15.2. The maximum atomic E-state index is 12.8. The molecule has 2 amide bonds. The Hall–Kier alpha value is -2.82. The molecule has 2 aromatic carbocycles. The molecule has 2 aliphatic rings. The largest absolute Gasteiger partial charge is 0.354 e. The lowest BCUT2D eigenvalue weighted by atomic mass is 9.97. The van der Waals surface area contributed by atoms with Gasteiger partial charge in [-0.1, -0.05) is 12.1 Å². The van der Waals surface area contributed by atoms with Gasteiger partial charge in [0.25, 0.3) is 11.8 Å².